The van der Waals surface area contributed by atoms with Gasteiger partial charge in [-0.1, -0.05) is 32.1 Å². The quantitative estimate of drug-likeness (QED) is 0.552. The first kappa shape index (κ1) is 25.3. The Kier molecular flexibility index (Phi) is 6.27. The van der Waals surface area contributed by atoms with Crippen LogP contribution in [0.1, 0.15) is 69.9 Å². The van der Waals surface area contributed by atoms with Crippen molar-refractivity contribution in [2.75, 3.05) is 7.05 Å². The molecular weight excluding hydrogens is 465 g/mol. The normalized spacial score (nSPS) is 37.8. The van der Waals surface area contributed by atoms with Gasteiger partial charge in [-0.15, -0.1) is 0 Å². The summed E-state index contributed by atoms with van der Waals surface area (Å²) in [5.41, 5.74) is 0.143. The molecule has 0 bridgehead atoms. The standard InChI is InChI=1S/C29H37F3N2O2/c1-27-14-12-23-21(9-11-24-28(23,2)15-13-26(36)34(24)3)22(27)10-8-20(27)16-25(35)33-17-18-4-6-19(7-5-18)29(30,31)32/h4-7,13,15,20-24H,8-12,14,16-17H2,1-3H3,(H,33,35)/t20-,21+,22+,23+,24-,27-,28-/m1/s1. The molecule has 1 aromatic carbocycles. The van der Waals surface area contributed by atoms with E-state index < -0.39 is 11.7 Å². The Balaban J connectivity index is 1.22. The van der Waals surface area contributed by atoms with Gasteiger partial charge in [0.05, 0.1) is 5.56 Å². The van der Waals surface area contributed by atoms with Crippen LogP contribution in [0.5, 0.6) is 0 Å². The van der Waals surface area contributed by atoms with Crippen molar-refractivity contribution in [3.63, 3.8) is 0 Å². The zero-order chi connectivity index (χ0) is 25.9. The lowest BCUT2D eigenvalue weighted by Gasteiger charge is -2.60. The molecule has 0 radical (unpaired) electrons. The molecule has 3 aliphatic carbocycles. The third-order valence-corrected chi connectivity index (χ3v) is 10.5. The lowest BCUT2D eigenvalue weighted by atomic mass is 9.47. The first-order valence-corrected chi connectivity index (χ1v) is 13.3. The van der Waals surface area contributed by atoms with Gasteiger partial charge in [0.15, 0.2) is 0 Å². The maximum atomic E-state index is 12.9. The second-order valence-electron chi connectivity index (χ2n) is 12.1. The van der Waals surface area contributed by atoms with Crippen LogP contribution in [0.4, 0.5) is 13.2 Å². The minimum atomic E-state index is -4.35. The number of carbonyl (C=O) groups is 2. The highest BCUT2D eigenvalue weighted by molar-refractivity contribution is 5.89. The zero-order valence-electron chi connectivity index (χ0n) is 21.4. The minimum Gasteiger partial charge on any atom is -0.352 e. The van der Waals surface area contributed by atoms with Gasteiger partial charge in [-0.2, -0.15) is 13.2 Å². The average Bonchev–Trinajstić information content (AvgIpc) is 3.16. The van der Waals surface area contributed by atoms with E-state index >= 15 is 0 Å². The second kappa shape index (κ2) is 8.91. The highest BCUT2D eigenvalue weighted by Gasteiger charge is 2.60. The molecule has 3 fully saturated rings. The van der Waals surface area contributed by atoms with E-state index in [1.165, 1.54) is 12.1 Å². The Labute approximate surface area is 211 Å². The average molecular weight is 503 g/mol. The van der Waals surface area contributed by atoms with Gasteiger partial charge in [-0.3, -0.25) is 9.59 Å². The molecule has 196 valence electrons. The summed E-state index contributed by atoms with van der Waals surface area (Å²) >= 11 is 0. The van der Waals surface area contributed by atoms with Crippen molar-refractivity contribution in [3.05, 3.63) is 47.5 Å². The summed E-state index contributed by atoms with van der Waals surface area (Å²) in [7, 11) is 1.94. The molecule has 0 unspecified atom stereocenters. The molecule has 1 aliphatic heterocycles. The first-order chi connectivity index (χ1) is 16.9. The Morgan fingerprint density at radius 2 is 1.78 bits per heavy atom. The lowest BCUT2D eigenvalue weighted by molar-refractivity contribution is -0.139. The topological polar surface area (TPSA) is 49.4 Å². The van der Waals surface area contributed by atoms with Crippen LogP contribution in [0.25, 0.3) is 0 Å². The summed E-state index contributed by atoms with van der Waals surface area (Å²) < 4.78 is 38.4. The maximum Gasteiger partial charge on any atom is 0.416 e. The van der Waals surface area contributed by atoms with Crippen LogP contribution in [0.3, 0.4) is 0 Å². The summed E-state index contributed by atoms with van der Waals surface area (Å²) in [5.74, 6) is 2.20. The summed E-state index contributed by atoms with van der Waals surface area (Å²) in [6, 6.07) is 5.26. The van der Waals surface area contributed by atoms with Crippen molar-refractivity contribution in [1.29, 1.82) is 0 Å². The zero-order valence-corrected chi connectivity index (χ0v) is 21.4. The third-order valence-electron chi connectivity index (χ3n) is 10.5. The van der Waals surface area contributed by atoms with Crippen molar-refractivity contribution in [1.82, 2.24) is 10.2 Å². The number of likely N-dealkylation sites (N-methyl/N-ethyl adjacent to an activating group) is 1. The number of alkyl halides is 3. The van der Waals surface area contributed by atoms with E-state index in [1.807, 2.05) is 11.9 Å². The summed E-state index contributed by atoms with van der Waals surface area (Å²) in [4.78, 5) is 27.1. The number of hydrogen-bond donors (Lipinski definition) is 1. The minimum absolute atomic E-state index is 0.0179. The smallest absolute Gasteiger partial charge is 0.352 e. The van der Waals surface area contributed by atoms with Crippen LogP contribution in [0, 0.1) is 34.5 Å². The fraction of sp³-hybridized carbons (Fsp3) is 0.655. The predicted octanol–water partition coefficient (Wildman–Crippen LogP) is 5.97. The van der Waals surface area contributed by atoms with Gasteiger partial charge >= 0.3 is 6.18 Å². The predicted molar refractivity (Wildman–Crippen MR) is 131 cm³/mol. The van der Waals surface area contributed by atoms with Gasteiger partial charge in [-0.25, -0.2) is 0 Å². The molecule has 0 aromatic heterocycles. The second-order valence-corrected chi connectivity index (χ2v) is 12.1. The highest BCUT2D eigenvalue weighted by Crippen LogP contribution is 2.65. The Morgan fingerprint density at radius 3 is 2.47 bits per heavy atom. The fourth-order valence-electron chi connectivity index (χ4n) is 8.49. The lowest BCUT2D eigenvalue weighted by Crippen LogP contribution is -2.59. The molecular formula is C29H37F3N2O2. The molecule has 1 heterocycles. The number of amides is 2. The first-order valence-electron chi connectivity index (χ1n) is 13.3. The number of rotatable bonds is 4. The number of benzene rings is 1. The van der Waals surface area contributed by atoms with Gasteiger partial charge in [-0.05, 0) is 91.4 Å². The molecule has 4 aliphatic rings. The van der Waals surface area contributed by atoms with E-state index in [1.54, 1.807) is 6.08 Å². The Hall–Kier alpha value is -2.31. The van der Waals surface area contributed by atoms with Gasteiger partial charge in [0, 0.05) is 31.5 Å². The van der Waals surface area contributed by atoms with E-state index in [-0.39, 0.29) is 35.2 Å². The molecule has 2 amide bonds. The molecule has 4 nitrogen and oxygen atoms in total. The number of nitrogens with one attached hydrogen (secondary N) is 1. The summed E-state index contributed by atoms with van der Waals surface area (Å²) in [6.45, 7) is 4.97. The SMILES string of the molecule is CN1C(=O)C=C[C@]2(C)[C@H]3CC[C@]4(C)[C@@H](CC(=O)NCc5ccc(C(F)(F)F)cc5)CC[C@H]4[C@@H]3CC[C@@H]12. The highest BCUT2D eigenvalue weighted by atomic mass is 19.4. The van der Waals surface area contributed by atoms with E-state index in [2.05, 4.69) is 25.2 Å². The van der Waals surface area contributed by atoms with Crippen LogP contribution in [0.15, 0.2) is 36.4 Å². The van der Waals surface area contributed by atoms with E-state index in [4.69, 9.17) is 0 Å². The van der Waals surface area contributed by atoms with E-state index in [0.717, 1.165) is 50.7 Å². The van der Waals surface area contributed by atoms with Crippen molar-refractivity contribution in [2.24, 2.45) is 34.5 Å². The number of fused-ring (bicyclic) bond motifs is 5. The van der Waals surface area contributed by atoms with Crippen molar-refractivity contribution < 1.29 is 22.8 Å². The van der Waals surface area contributed by atoms with Gasteiger partial charge in [0.2, 0.25) is 11.8 Å². The number of halogens is 3. The molecule has 7 atom stereocenters. The fourth-order valence-corrected chi connectivity index (χ4v) is 8.49. The Morgan fingerprint density at radius 1 is 1.06 bits per heavy atom. The molecule has 1 N–H and O–H groups in total. The van der Waals surface area contributed by atoms with Crippen molar-refractivity contribution in [2.45, 2.75) is 77.6 Å². The van der Waals surface area contributed by atoms with Crippen LogP contribution in [-0.4, -0.2) is 29.8 Å². The molecule has 7 heteroatoms. The van der Waals surface area contributed by atoms with E-state index in [0.29, 0.717) is 35.7 Å². The van der Waals surface area contributed by atoms with Crippen LogP contribution in [0.2, 0.25) is 0 Å². The maximum absolute atomic E-state index is 12.9. The van der Waals surface area contributed by atoms with Gasteiger partial charge in [0.25, 0.3) is 0 Å². The monoisotopic (exact) mass is 502 g/mol. The largest absolute Gasteiger partial charge is 0.416 e. The van der Waals surface area contributed by atoms with E-state index in [9.17, 15) is 22.8 Å². The molecule has 5 rings (SSSR count). The van der Waals surface area contributed by atoms with Crippen molar-refractivity contribution >= 4 is 11.8 Å². The number of hydrogen-bond acceptors (Lipinski definition) is 2. The molecule has 3 saturated carbocycles. The van der Waals surface area contributed by atoms with Crippen LogP contribution >= 0.6 is 0 Å². The molecule has 36 heavy (non-hydrogen) atoms. The summed E-state index contributed by atoms with van der Waals surface area (Å²) in [5, 5.41) is 2.94. The van der Waals surface area contributed by atoms with Gasteiger partial charge in [0.1, 0.15) is 0 Å². The van der Waals surface area contributed by atoms with Crippen LogP contribution in [-0.2, 0) is 22.3 Å². The van der Waals surface area contributed by atoms with Gasteiger partial charge < -0.3 is 10.2 Å². The number of nitrogens with zero attached hydrogens (tertiary/aromatic N) is 1. The van der Waals surface area contributed by atoms with Crippen molar-refractivity contribution in [3.8, 4) is 0 Å². The molecule has 1 aromatic rings. The van der Waals surface area contributed by atoms with Crippen LogP contribution < -0.4 is 5.32 Å². The summed E-state index contributed by atoms with van der Waals surface area (Å²) in [6.07, 6.45) is 6.68. The Bertz CT molecular complexity index is 1050. The molecule has 0 saturated heterocycles. The third kappa shape index (κ3) is 4.16. The number of carbonyl (C=O) groups excluding carboxylic acids is 2. The molecule has 0 spiro atoms.